The smallest absolute Gasteiger partial charge is 0.143 e. The second-order valence-corrected chi connectivity index (χ2v) is 16.0. The Kier molecular flexibility index (Phi) is 8.83. The van der Waals surface area contributed by atoms with Crippen LogP contribution in [0.4, 0.5) is 17.1 Å². The highest BCUT2D eigenvalue weighted by Crippen LogP contribution is 2.46. The van der Waals surface area contributed by atoms with E-state index >= 15 is 0 Å². The number of rotatable bonds is 8. The second kappa shape index (κ2) is 15.3. The third-order valence-corrected chi connectivity index (χ3v) is 12.4. The molecule has 3 heteroatoms. The van der Waals surface area contributed by atoms with Crippen LogP contribution in [0.1, 0.15) is 0 Å². The summed E-state index contributed by atoms with van der Waals surface area (Å²) in [6.07, 6.45) is 0. The Bertz CT molecular complexity index is 3570. The lowest BCUT2D eigenvalue weighted by atomic mass is 9.97. The minimum absolute atomic E-state index is 0.873. The number of aromatic nitrogens is 1. The van der Waals surface area contributed by atoms with Crippen molar-refractivity contribution in [1.82, 2.24) is 4.57 Å². The van der Waals surface area contributed by atoms with Crippen molar-refractivity contribution in [2.45, 2.75) is 0 Å². The zero-order valence-corrected chi connectivity index (χ0v) is 34.4. The summed E-state index contributed by atoms with van der Waals surface area (Å²) in [5.74, 6) is 0. The fourth-order valence-electron chi connectivity index (χ4n) is 9.54. The van der Waals surface area contributed by atoms with Gasteiger partial charge in [-0.2, -0.15) is 0 Å². The molecule has 0 saturated heterocycles. The van der Waals surface area contributed by atoms with Gasteiger partial charge in [0.1, 0.15) is 11.2 Å². The van der Waals surface area contributed by atoms with Gasteiger partial charge in [-0.15, -0.1) is 0 Å². The maximum Gasteiger partial charge on any atom is 0.143 e. The van der Waals surface area contributed by atoms with E-state index in [1.807, 2.05) is 0 Å². The lowest BCUT2D eigenvalue weighted by molar-refractivity contribution is 0.671. The average Bonchev–Trinajstić information content (AvgIpc) is 3.91. The summed E-state index contributed by atoms with van der Waals surface area (Å²) < 4.78 is 9.40. The number of hydrogen-bond acceptors (Lipinski definition) is 2. The van der Waals surface area contributed by atoms with Crippen molar-refractivity contribution in [3.8, 4) is 50.2 Å². The Labute approximate surface area is 366 Å². The van der Waals surface area contributed by atoms with Crippen molar-refractivity contribution < 1.29 is 4.42 Å². The molecule has 12 rings (SSSR count). The molecule has 0 unspecified atom stereocenters. The maximum atomic E-state index is 6.99. The van der Waals surface area contributed by atoms with Crippen LogP contribution < -0.4 is 4.90 Å². The van der Waals surface area contributed by atoms with Crippen molar-refractivity contribution in [1.29, 1.82) is 0 Å². The number of benzene rings is 10. The molecule has 10 aromatic carbocycles. The first-order valence-electron chi connectivity index (χ1n) is 21.5. The third-order valence-electron chi connectivity index (χ3n) is 12.4. The highest BCUT2D eigenvalue weighted by atomic mass is 16.3. The van der Waals surface area contributed by atoms with Crippen LogP contribution in [0.15, 0.2) is 247 Å². The van der Waals surface area contributed by atoms with Crippen molar-refractivity contribution in [3.05, 3.63) is 243 Å². The Morgan fingerprint density at radius 3 is 1.51 bits per heavy atom. The van der Waals surface area contributed by atoms with Gasteiger partial charge < -0.3 is 13.9 Å². The molecule has 0 aliphatic carbocycles. The van der Waals surface area contributed by atoms with E-state index in [0.29, 0.717) is 0 Å². The molecular weight excluding hydrogens is 765 g/mol. The fourth-order valence-corrected chi connectivity index (χ4v) is 9.54. The van der Waals surface area contributed by atoms with Gasteiger partial charge in [-0.25, -0.2) is 0 Å². The lowest BCUT2D eigenvalue weighted by Gasteiger charge is -2.28. The lowest BCUT2D eigenvalue weighted by Crippen LogP contribution is -2.11. The molecule has 0 fully saturated rings. The largest absolute Gasteiger partial charge is 0.455 e. The molecular formula is C60H40N2O. The first kappa shape index (κ1) is 36.5. The van der Waals surface area contributed by atoms with E-state index in [0.717, 1.165) is 78.1 Å². The third kappa shape index (κ3) is 6.21. The molecule has 0 bridgehead atoms. The van der Waals surface area contributed by atoms with Crippen LogP contribution in [0.2, 0.25) is 0 Å². The number of furan rings is 1. The van der Waals surface area contributed by atoms with Crippen molar-refractivity contribution >= 4 is 60.8 Å². The second-order valence-electron chi connectivity index (χ2n) is 16.0. The SMILES string of the molecule is c1ccc(-c2cccc(N(c3ccc(-c4ccccc4-n4c5ccccc5c5ccccc54)cc3)c3ccccc3-c3cccc4c3oc3c(-c5ccccc5)cccc34)c2)cc1. The predicted molar refractivity (Wildman–Crippen MR) is 264 cm³/mol. The normalized spacial score (nSPS) is 11.5. The average molecular weight is 805 g/mol. The van der Waals surface area contributed by atoms with Crippen LogP contribution in [-0.4, -0.2) is 4.57 Å². The summed E-state index contributed by atoms with van der Waals surface area (Å²) in [7, 11) is 0. The van der Waals surface area contributed by atoms with Gasteiger partial charge in [0.2, 0.25) is 0 Å². The van der Waals surface area contributed by atoms with Gasteiger partial charge in [-0.1, -0.05) is 194 Å². The zero-order chi connectivity index (χ0) is 41.7. The molecule has 0 aliphatic heterocycles. The summed E-state index contributed by atoms with van der Waals surface area (Å²) in [5, 5.41) is 4.70. The van der Waals surface area contributed by atoms with Gasteiger partial charge in [0.15, 0.2) is 0 Å². The van der Waals surface area contributed by atoms with Crippen LogP contribution in [-0.2, 0) is 0 Å². The molecule has 0 amide bonds. The van der Waals surface area contributed by atoms with E-state index in [1.54, 1.807) is 0 Å². The molecule has 296 valence electrons. The van der Waals surface area contributed by atoms with E-state index in [-0.39, 0.29) is 0 Å². The van der Waals surface area contributed by atoms with Crippen LogP contribution >= 0.6 is 0 Å². The molecule has 3 nitrogen and oxygen atoms in total. The maximum absolute atomic E-state index is 6.99. The van der Waals surface area contributed by atoms with Crippen LogP contribution in [0.25, 0.3) is 93.9 Å². The van der Waals surface area contributed by atoms with E-state index in [2.05, 4.69) is 252 Å². The number of hydrogen-bond donors (Lipinski definition) is 0. The van der Waals surface area contributed by atoms with Gasteiger partial charge in [0.05, 0.1) is 22.4 Å². The number of nitrogens with zero attached hydrogens (tertiary/aromatic N) is 2. The Morgan fingerprint density at radius 1 is 0.302 bits per heavy atom. The molecule has 0 aliphatic rings. The molecule has 12 aromatic rings. The van der Waals surface area contributed by atoms with E-state index < -0.39 is 0 Å². The molecule has 0 radical (unpaired) electrons. The summed E-state index contributed by atoms with van der Waals surface area (Å²) in [4.78, 5) is 2.39. The summed E-state index contributed by atoms with van der Waals surface area (Å²) in [5.41, 5.74) is 17.4. The minimum Gasteiger partial charge on any atom is -0.455 e. The monoisotopic (exact) mass is 804 g/mol. The van der Waals surface area contributed by atoms with Crippen LogP contribution in [0.3, 0.4) is 0 Å². The topological polar surface area (TPSA) is 21.3 Å². The van der Waals surface area contributed by atoms with Gasteiger partial charge >= 0.3 is 0 Å². The van der Waals surface area contributed by atoms with E-state index in [4.69, 9.17) is 4.42 Å². The zero-order valence-electron chi connectivity index (χ0n) is 34.4. The van der Waals surface area contributed by atoms with Crippen molar-refractivity contribution in [3.63, 3.8) is 0 Å². The molecule has 2 heterocycles. The summed E-state index contributed by atoms with van der Waals surface area (Å²) in [6, 6.07) is 86.9. The van der Waals surface area contributed by atoms with Crippen molar-refractivity contribution in [2.75, 3.05) is 4.90 Å². The molecule has 0 atom stereocenters. The molecule has 0 spiro atoms. The standard InChI is InChI=1S/C60H40N2O/c1-3-18-41(19-4-1)44-22-15-23-46(40-44)61(45-38-36-43(37-39-45)47-24-7-11-32-55(47)62-57-34-13-8-25-49(57)50-26-9-14-35-58(50)62)56-33-12-10-27-51(56)52-29-17-31-54-53-30-16-28-48(59(53)63-60(52)54)42-20-5-2-6-21-42/h1-40H. The highest BCUT2D eigenvalue weighted by Gasteiger charge is 2.22. The first-order valence-corrected chi connectivity index (χ1v) is 21.5. The van der Waals surface area contributed by atoms with Gasteiger partial charge in [-0.05, 0) is 70.8 Å². The summed E-state index contributed by atoms with van der Waals surface area (Å²) in [6.45, 7) is 0. The quantitative estimate of drug-likeness (QED) is 0.153. The Balaban J connectivity index is 1.03. The highest BCUT2D eigenvalue weighted by molar-refractivity contribution is 6.14. The Hall–Kier alpha value is -8.40. The number of fused-ring (bicyclic) bond motifs is 6. The van der Waals surface area contributed by atoms with Gasteiger partial charge in [0.25, 0.3) is 0 Å². The minimum atomic E-state index is 0.873. The Morgan fingerprint density at radius 2 is 0.794 bits per heavy atom. The summed E-state index contributed by atoms with van der Waals surface area (Å²) >= 11 is 0. The van der Waals surface area contributed by atoms with Gasteiger partial charge in [-0.3, -0.25) is 0 Å². The predicted octanol–water partition coefficient (Wildman–Crippen LogP) is 16.8. The molecule has 0 N–H and O–H groups in total. The van der Waals surface area contributed by atoms with Gasteiger partial charge in [0, 0.05) is 55.2 Å². The molecule has 2 aromatic heterocycles. The van der Waals surface area contributed by atoms with Crippen molar-refractivity contribution in [2.24, 2.45) is 0 Å². The molecule has 0 saturated carbocycles. The fraction of sp³-hybridized carbons (Fsp3) is 0. The number of anilines is 3. The van der Waals surface area contributed by atoms with Crippen LogP contribution in [0, 0.1) is 0 Å². The molecule has 63 heavy (non-hydrogen) atoms. The van der Waals surface area contributed by atoms with E-state index in [9.17, 15) is 0 Å². The van der Waals surface area contributed by atoms with Crippen LogP contribution in [0.5, 0.6) is 0 Å². The first-order chi connectivity index (χ1) is 31.3. The van der Waals surface area contributed by atoms with E-state index in [1.165, 1.54) is 32.9 Å². The number of para-hydroxylation sites is 6.